The number of benzene rings is 1. The van der Waals surface area contributed by atoms with Crippen molar-refractivity contribution in [1.29, 1.82) is 0 Å². The molecule has 134 valence electrons. The third-order valence-corrected chi connectivity index (χ3v) is 5.08. The number of aromatic amines is 1. The Hall–Kier alpha value is -2.12. The summed E-state index contributed by atoms with van der Waals surface area (Å²) in [5.74, 6) is 0.619. The first-order valence-corrected chi connectivity index (χ1v) is 8.97. The molecule has 1 aliphatic heterocycles. The molecule has 1 aromatic carbocycles. The molecule has 1 saturated heterocycles. The van der Waals surface area contributed by atoms with Crippen LogP contribution >= 0.6 is 0 Å². The Bertz CT molecular complexity index is 792. The Labute approximate surface area is 146 Å². The molecule has 7 heteroatoms. The highest BCUT2D eigenvalue weighted by atomic mass is 16.5. The van der Waals surface area contributed by atoms with E-state index in [1.165, 1.54) is 6.33 Å². The molecule has 7 nitrogen and oxygen atoms in total. The number of nitrogens with one attached hydrogen (secondary N) is 1. The van der Waals surface area contributed by atoms with E-state index in [0.717, 1.165) is 44.5 Å². The average molecular weight is 344 g/mol. The summed E-state index contributed by atoms with van der Waals surface area (Å²) in [7, 11) is 0. The van der Waals surface area contributed by atoms with Gasteiger partial charge < -0.3 is 25.1 Å². The van der Waals surface area contributed by atoms with Crippen molar-refractivity contribution < 1.29 is 9.47 Å². The lowest BCUT2D eigenvalue weighted by Crippen LogP contribution is -2.36. The second kappa shape index (κ2) is 7.01. The molecule has 2 heterocycles. The van der Waals surface area contributed by atoms with Gasteiger partial charge in [-0.05, 0) is 31.7 Å². The van der Waals surface area contributed by atoms with E-state index in [2.05, 4.69) is 14.9 Å². The molecule has 4 rings (SSSR count). The summed E-state index contributed by atoms with van der Waals surface area (Å²) in [6, 6.07) is 4.19. The molecule has 0 atom stereocenters. The summed E-state index contributed by atoms with van der Waals surface area (Å²) in [5, 5.41) is 0.523. The SMILES string of the molecule is NC1CCC(Oc2cc(N3CCOCC3)cc3nc[nH]c(=O)c23)CC1. The minimum atomic E-state index is -0.166. The largest absolute Gasteiger partial charge is 0.489 e. The molecule has 2 aliphatic rings. The van der Waals surface area contributed by atoms with Gasteiger partial charge in [0.15, 0.2) is 0 Å². The number of morpholine rings is 1. The van der Waals surface area contributed by atoms with Crippen LogP contribution in [0, 0.1) is 0 Å². The van der Waals surface area contributed by atoms with Gasteiger partial charge in [-0.3, -0.25) is 4.79 Å². The second-order valence-electron chi connectivity index (χ2n) is 6.82. The van der Waals surface area contributed by atoms with Gasteiger partial charge in [0.1, 0.15) is 11.1 Å². The fourth-order valence-electron chi connectivity index (χ4n) is 3.63. The molecular formula is C18H24N4O3. The van der Waals surface area contributed by atoms with Gasteiger partial charge in [0.2, 0.25) is 0 Å². The molecule has 1 aliphatic carbocycles. The fourth-order valence-corrected chi connectivity index (χ4v) is 3.63. The summed E-state index contributed by atoms with van der Waals surface area (Å²) in [6.45, 7) is 3.06. The van der Waals surface area contributed by atoms with E-state index < -0.39 is 0 Å². The number of hydrogen-bond acceptors (Lipinski definition) is 6. The van der Waals surface area contributed by atoms with Crippen molar-refractivity contribution in [2.75, 3.05) is 31.2 Å². The van der Waals surface area contributed by atoms with E-state index in [1.807, 2.05) is 12.1 Å². The monoisotopic (exact) mass is 344 g/mol. The number of anilines is 1. The molecular weight excluding hydrogens is 320 g/mol. The van der Waals surface area contributed by atoms with Crippen LogP contribution in [-0.2, 0) is 4.74 Å². The van der Waals surface area contributed by atoms with Crippen molar-refractivity contribution in [2.45, 2.75) is 37.8 Å². The predicted molar refractivity (Wildman–Crippen MR) is 96.3 cm³/mol. The minimum absolute atomic E-state index is 0.0996. The Morgan fingerprint density at radius 1 is 1.20 bits per heavy atom. The van der Waals surface area contributed by atoms with Gasteiger partial charge in [-0.1, -0.05) is 0 Å². The number of ether oxygens (including phenoxy) is 2. The average Bonchev–Trinajstić information content (AvgIpc) is 2.64. The lowest BCUT2D eigenvalue weighted by molar-refractivity contribution is 0.122. The van der Waals surface area contributed by atoms with E-state index >= 15 is 0 Å². The van der Waals surface area contributed by atoms with Crippen LogP contribution in [0.4, 0.5) is 5.69 Å². The van der Waals surface area contributed by atoms with Crippen molar-refractivity contribution >= 4 is 16.6 Å². The number of aromatic nitrogens is 2. The molecule has 0 amide bonds. The van der Waals surface area contributed by atoms with E-state index in [0.29, 0.717) is 29.9 Å². The number of rotatable bonds is 3. The maximum Gasteiger partial charge on any atom is 0.262 e. The lowest BCUT2D eigenvalue weighted by atomic mass is 9.93. The molecule has 3 N–H and O–H groups in total. The first-order valence-electron chi connectivity index (χ1n) is 8.97. The van der Waals surface area contributed by atoms with Crippen LogP contribution in [0.2, 0.25) is 0 Å². The number of nitrogens with zero attached hydrogens (tertiary/aromatic N) is 2. The second-order valence-corrected chi connectivity index (χ2v) is 6.82. The summed E-state index contributed by atoms with van der Waals surface area (Å²) in [5.41, 5.74) is 7.51. The van der Waals surface area contributed by atoms with Gasteiger partial charge in [0, 0.05) is 30.9 Å². The molecule has 0 unspecified atom stereocenters. The van der Waals surface area contributed by atoms with E-state index in [9.17, 15) is 4.79 Å². The quantitative estimate of drug-likeness (QED) is 0.874. The van der Waals surface area contributed by atoms with Crippen molar-refractivity contribution in [1.82, 2.24) is 9.97 Å². The normalized spacial score (nSPS) is 24.4. The fraction of sp³-hybridized carbons (Fsp3) is 0.556. The summed E-state index contributed by atoms with van der Waals surface area (Å²) < 4.78 is 11.7. The molecule has 1 saturated carbocycles. The molecule has 25 heavy (non-hydrogen) atoms. The standard InChI is InChI=1S/C18H24N4O3/c19-12-1-3-14(4-2-12)25-16-10-13(22-5-7-24-8-6-22)9-15-17(16)18(23)21-11-20-15/h9-12,14H,1-8,19H2,(H,20,21,23). The van der Waals surface area contributed by atoms with Crippen molar-refractivity contribution in [3.8, 4) is 5.75 Å². The zero-order chi connectivity index (χ0) is 17.2. The van der Waals surface area contributed by atoms with Crippen LogP contribution in [0.3, 0.4) is 0 Å². The summed E-state index contributed by atoms with van der Waals surface area (Å²) in [6.07, 6.45) is 5.30. The third-order valence-electron chi connectivity index (χ3n) is 5.08. The predicted octanol–water partition coefficient (Wildman–Crippen LogP) is 1.41. The minimum Gasteiger partial charge on any atom is -0.489 e. The third kappa shape index (κ3) is 3.48. The van der Waals surface area contributed by atoms with Crippen molar-refractivity contribution in [3.05, 3.63) is 28.8 Å². The zero-order valence-electron chi connectivity index (χ0n) is 14.2. The highest BCUT2D eigenvalue weighted by Crippen LogP contribution is 2.32. The molecule has 2 aromatic rings. The topological polar surface area (TPSA) is 93.5 Å². The number of hydrogen-bond donors (Lipinski definition) is 2. The van der Waals surface area contributed by atoms with Gasteiger partial charge in [-0.2, -0.15) is 0 Å². The van der Waals surface area contributed by atoms with Gasteiger partial charge in [-0.15, -0.1) is 0 Å². The van der Waals surface area contributed by atoms with Crippen LogP contribution in [0.1, 0.15) is 25.7 Å². The van der Waals surface area contributed by atoms with Crippen LogP contribution in [-0.4, -0.2) is 48.4 Å². The van der Waals surface area contributed by atoms with Gasteiger partial charge in [0.25, 0.3) is 5.56 Å². The first kappa shape index (κ1) is 16.4. The number of fused-ring (bicyclic) bond motifs is 1. The van der Waals surface area contributed by atoms with Crippen LogP contribution in [0.5, 0.6) is 5.75 Å². The van der Waals surface area contributed by atoms with Gasteiger partial charge in [-0.25, -0.2) is 4.98 Å². The molecule has 2 fully saturated rings. The van der Waals surface area contributed by atoms with Gasteiger partial charge in [0.05, 0.1) is 31.2 Å². The number of H-pyrrole nitrogens is 1. The molecule has 1 aromatic heterocycles. The number of nitrogens with two attached hydrogens (primary N) is 1. The van der Waals surface area contributed by atoms with Crippen LogP contribution in [0.25, 0.3) is 10.9 Å². The van der Waals surface area contributed by atoms with E-state index in [4.69, 9.17) is 15.2 Å². The van der Waals surface area contributed by atoms with E-state index in [-0.39, 0.29) is 17.7 Å². The Kier molecular flexibility index (Phi) is 4.59. The Morgan fingerprint density at radius 3 is 2.72 bits per heavy atom. The Balaban J connectivity index is 1.70. The molecule has 0 radical (unpaired) electrons. The molecule has 0 bridgehead atoms. The summed E-state index contributed by atoms with van der Waals surface area (Å²) >= 11 is 0. The maximum atomic E-state index is 12.4. The highest BCUT2D eigenvalue weighted by Gasteiger charge is 2.22. The highest BCUT2D eigenvalue weighted by molar-refractivity contribution is 5.88. The zero-order valence-corrected chi connectivity index (χ0v) is 14.2. The summed E-state index contributed by atoms with van der Waals surface area (Å²) in [4.78, 5) is 21.6. The van der Waals surface area contributed by atoms with E-state index in [1.54, 1.807) is 0 Å². The Morgan fingerprint density at radius 2 is 1.96 bits per heavy atom. The molecule has 0 spiro atoms. The van der Waals surface area contributed by atoms with Crippen molar-refractivity contribution in [2.24, 2.45) is 5.73 Å². The van der Waals surface area contributed by atoms with Crippen molar-refractivity contribution in [3.63, 3.8) is 0 Å². The lowest BCUT2D eigenvalue weighted by Gasteiger charge is -2.30. The first-order chi connectivity index (χ1) is 12.2. The van der Waals surface area contributed by atoms with Crippen LogP contribution in [0.15, 0.2) is 23.3 Å². The smallest absolute Gasteiger partial charge is 0.262 e. The van der Waals surface area contributed by atoms with Crippen LogP contribution < -0.4 is 20.9 Å². The van der Waals surface area contributed by atoms with Gasteiger partial charge >= 0.3 is 0 Å². The maximum absolute atomic E-state index is 12.4.